The lowest BCUT2D eigenvalue weighted by Gasteiger charge is -2.19. The van der Waals surface area contributed by atoms with Crippen molar-refractivity contribution >= 4 is 10.8 Å². The van der Waals surface area contributed by atoms with Crippen molar-refractivity contribution in [1.29, 1.82) is 0 Å². The molecule has 0 aliphatic carbocycles. The molecule has 0 spiro atoms. The number of rotatable bonds is 3. The highest BCUT2D eigenvalue weighted by atomic mass is 14.6. The number of hydrogen-bond acceptors (Lipinski definition) is 2. The van der Waals surface area contributed by atoms with Gasteiger partial charge >= 0.3 is 0 Å². The Hall–Kier alpha value is -2.08. The Kier molecular flexibility index (Phi) is 4.95. The summed E-state index contributed by atoms with van der Waals surface area (Å²) in [7, 11) is 0. The minimum atomic E-state index is -0.0621. The van der Waals surface area contributed by atoms with Crippen molar-refractivity contribution in [2.75, 3.05) is 6.54 Å². The van der Waals surface area contributed by atoms with Crippen LogP contribution in [-0.2, 0) is 0 Å². The van der Waals surface area contributed by atoms with Crippen LogP contribution in [0.4, 0.5) is 0 Å². The van der Waals surface area contributed by atoms with Gasteiger partial charge in [0, 0.05) is 12.0 Å². The van der Waals surface area contributed by atoms with Crippen LogP contribution >= 0.6 is 0 Å². The molecule has 0 saturated carbocycles. The highest BCUT2D eigenvalue weighted by Gasteiger charge is 2.14. The second-order valence-electron chi connectivity index (χ2n) is 4.82. The summed E-state index contributed by atoms with van der Waals surface area (Å²) in [6.07, 6.45) is 3.73. The van der Waals surface area contributed by atoms with Crippen molar-refractivity contribution in [3.63, 3.8) is 0 Å². The SMILES string of the molecule is CC(c1cccc2ccccc12)C(N)/C=C/C#CCN. The van der Waals surface area contributed by atoms with Gasteiger partial charge in [0.05, 0.1) is 6.54 Å². The molecular formula is C18H20N2. The van der Waals surface area contributed by atoms with E-state index in [0.29, 0.717) is 6.54 Å². The minimum absolute atomic E-state index is 0.0621. The Balaban J connectivity index is 2.27. The first-order valence-corrected chi connectivity index (χ1v) is 6.82. The molecule has 0 heterocycles. The molecule has 102 valence electrons. The molecule has 0 aliphatic heterocycles. The molecule has 0 fully saturated rings. The van der Waals surface area contributed by atoms with Crippen LogP contribution < -0.4 is 11.5 Å². The Morgan fingerprint density at radius 3 is 2.70 bits per heavy atom. The van der Waals surface area contributed by atoms with E-state index in [4.69, 9.17) is 11.5 Å². The highest BCUT2D eigenvalue weighted by molar-refractivity contribution is 5.86. The number of nitrogens with two attached hydrogens (primary N) is 2. The summed E-state index contributed by atoms with van der Waals surface area (Å²) < 4.78 is 0. The van der Waals surface area contributed by atoms with Gasteiger partial charge in [0.1, 0.15) is 0 Å². The summed E-state index contributed by atoms with van der Waals surface area (Å²) in [6, 6.07) is 14.7. The predicted octanol–water partition coefficient (Wildman–Crippen LogP) is 2.79. The third-order valence-electron chi connectivity index (χ3n) is 3.50. The molecule has 2 heteroatoms. The Morgan fingerprint density at radius 1 is 1.15 bits per heavy atom. The molecule has 0 aromatic heterocycles. The van der Waals surface area contributed by atoms with E-state index >= 15 is 0 Å². The summed E-state index contributed by atoms with van der Waals surface area (Å²) in [4.78, 5) is 0. The van der Waals surface area contributed by atoms with Gasteiger partial charge in [-0.05, 0) is 22.4 Å². The van der Waals surface area contributed by atoms with E-state index in [0.717, 1.165) is 0 Å². The smallest absolute Gasteiger partial charge is 0.0554 e. The normalized spacial score (nSPS) is 13.9. The van der Waals surface area contributed by atoms with Gasteiger partial charge in [0.15, 0.2) is 0 Å². The predicted molar refractivity (Wildman–Crippen MR) is 86.3 cm³/mol. The minimum Gasteiger partial charge on any atom is -0.324 e. The van der Waals surface area contributed by atoms with Crippen molar-refractivity contribution in [3.05, 3.63) is 60.2 Å². The zero-order valence-corrected chi connectivity index (χ0v) is 11.7. The van der Waals surface area contributed by atoms with Gasteiger partial charge in [0.2, 0.25) is 0 Å². The van der Waals surface area contributed by atoms with Gasteiger partial charge in [-0.3, -0.25) is 0 Å². The van der Waals surface area contributed by atoms with E-state index in [1.54, 1.807) is 6.08 Å². The molecule has 0 bridgehead atoms. The summed E-state index contributed by atoms with van der Waals surface area (Å²) in [5, 5.41) is 2.51. The van der Waals surface area contributed by atoms with Gasteiger partial charge in [-0.1, -0.05) is 67.3 Å². The van der Waals surface area contributed by atoms with Crippen LogP contribution in [0.25, 0.3) is 10.8 Å². The second-order valence-corrected chi connectivity index (χ2v) is 4.82. The monoisotopic (exact) mass is 264 g/mol. The highest BCUT2D eigenvalue weighted by Crippen LogP contribution is 2.27. The number of allylic oxidation sites excluding steroid dienone is 1. The number of hydrogen-bond donors (Lipinski definition) is 2. The average molecular weight is 264 g/mol. The lowest BCUT2D eigenvalue weighted by atomic mass is 9.89. The largest absolute Gasteiger partial charge is 0.324 e. The van der Waals surface area contributed by atoms with Gasteiger partial charge in [-0.2, -0.15) is 0 Å². The second kappa shape index (κ2) is 6.91. The van der Waals surface area contributed by atoms with Crippen molar-refractivity contribution in [2.45, 2.75) is 18.9 Å². The van der Waals surface area contributed by atoms with E-state index in [9.17, 15) is 0 Å². The van der Waals surface area contributed by atoms with Crippen LogP contribution in [0.1, 0.15) is 18.4 Å². The first-order chi connectivity index (χ1) is 9.74. The number of benzene rings is 2. The molecule has 0 aliphatic rings. The van der Waals surface area contributed by atoms with Crippen LogP contribution in [0.3, 0.4) is 0 Å². The zero-order chi connectivity index (χ0) is 14.4. The van der Waals surface area contributed by atoms with Crippen LogP contribution in [0, 0.1) is 11.8 Å². The molecule has 2 atom stereocenters. The summed E-state index contributed by atoms with van der Waals surface area (Å²) >= 11 is 0. The van der Waals surface area contributed by atoms with Crippen LogP contribution in [-0.4, -0.2) is 12.6 Å². The van der Waals surface area contributed by atoms with Crippen molar-refractivity contribution in [1.82, 2.24) is 0 Å². The van der Waals surface area contributed by atoms with Crippen molar-refractivity contribution in [2.24, 2.45) is 11.5 Å². The van der Waals surface area contributed by atoms with Crippen molar-refractivity contribution in [3.8, 4) is 11.8 Å². The fourth-order valence-electron chi connectivity index (χ4n) is 2.30. The van der Waals surface area contributed by atoms with E-state index < -0.39 is 0 Å². The van der Waals surface area contributed by atoms with E-state index in [1.807, 2.05) is 6.08 Å². The number of fused-ring (bicyclic) bond motifs is 1. The fourth-order valence-corrected chi connectivity index (χ4v) is 2.30. The quantitative estimate of drug-likeness (QED) is 0.838. The topological polar surface area (TPSA) is 52.0 Å². The third-order valence-corrected chi connectivity index (χ3v) is 3.50. The molecule has 2 rings (SSSR count). The van der Waals surface area contributed by atoms with E-state index in [2.05, 4.69) is 61.2 Å². The van der Waals surface area contributed by atoms with Crippen LogP contribution in [0.2, 0.25) is 0 Å². The molecule has 2 aromatic rings. The van der Waals surface area contributed by atoms with Gasteiger partial charge in [-0.25, -0.2) is 0 Å². The third kappa shape index (κ3) is 3.27. The molecule has 0 radical (unpaired) electrons. The van der Waals surface area contributed by atoms with Crippen LogP contribution in [0.5, 0.6) is 0 Å². The lowest BCUT2D eigenvalue weighted by molar-refractivity contribution is 0.668. The van der Waals surface area contributed by atoms with Gasteiger partial charge < -0.3 is 11.5 Å². The molecule has 4 N–H and O–H groups in total. The molecule has 2 nitrogen and oxygen atoms in total. The van der Waals surface area contributed by atoms with Crippen molar-refractivity contribution < 1.29 is 0 Å². The van der Waals surface area contributed by atoms with Gasteiger partial charge in [0.25, 0.3) is 0 Å². The Bertz CT molecular complexity index is 656. The maximum atomic E-state index is 6.24. The molecule has 2 aromatic carbocycles. The first kappa shape index (κ1) is 14.3. The maximum absolute atomic E-state index is 6.24. The molecule has 0 amide bonds. The average Bonchev–Trinajstić information content (AvgIpc) is 2.50. The summed E-state index contributed by atoms with van der Waals surface area (Å²) in [5.41, 5.74) is 12.8. The Labute approximate surface area is 120 Å². The summed E-state index contributed by atoms with van der Waals surface area (Å²) in [6.45, 7) is 2.52. The first-order valence-electron chi connectivity index (χ1n) is 6.82. The Morgan fingerprint density at radius 2 is 1.90 bits per heavy atom. The van der Waals surface area contributed by atoms with Gasteiger partial charge in [-0.15, -0.1) is 0 Å². The van der Waals surface area contributed by atoms with Crippen LogP contribution in [0.15, 0.2) is 54.6 Å². The standard InChI is InChI=1S/C18H20N2/c1-14(18(20)12-3-2-6-13-19)16-11-7-9-15-8-4-5-10-17(15)16/h3-5,7-12,14,18H,13,19-20H2,1H3/b12-3+. The lowest BCUT2D eigenvalue weighted by Crippen LogP contribution is -2.24. The van der Waals surface area contributed by atoms with E-state index in [-0.39, 0.29) is 12.0 Å². The zero-order valence-electron chi connectivity index (χ0n) is 11.7. The summed E-state index contributed by atoms with van der Waals surface area (Å²) in [5.74, 6) is 5.90. The molecule has 2 unspecified atom stereocenters. The van der Waals surface area contributed by atoms with E-state index in [1.165, 1.54) is 16.3 Å². The molecule has 20 heavy (non-hydrogen) atoms. The maximum Gasteiger partial charge on any atom is 0.0554 e. The molecule has 0 saturated heterocycles. The fraction of sp³-hybridized carbons (Fsp3) is 0.222. The molecular weight excluding hydrogens is 244 g/mol.